The van der Waals surface area contributed by atoms with E-state index in [-0.39, 0.29) is 12.5 Å². The van der Waals surface area contributed by atoms with Crippen LogP contribution in [0.2, 0.25) is 0 Å². The number of amides is 1. The van der Waals surface area contributed by atoms with Crippen molar-refractivity contribution >= 4 is 43.7 Å². The number of benzene rings is 3. The van der Waals surface area contributed by atoms with Gasteiger partial charge in [0.2, 0.25) is 5.91 Å². The van der Waals surface area contributed by atoms with Crippen LogP contribution in [-0.2, 0) is 27.5 Å². The zero-order valence-corrected chi connectivity index (χ0v) is 23.0. The molecule has 1 amide bonds. The molecule has 0 aromatic heterocycles. The number of esters is 1. The summed E-state index contributed by atoms with van der Waals surface area (Å²) < 4.78 is 18.8. The van der Waals surface area contributed by atoms with E-state index in [0.717, 1.165) is 15.6 Å². The summed E-state index contributed by atoms with van der Waals surface area (Å²) in [5.41, 5.74) is 2.64. The van der Waals surface area contributed by atoms with Crippen LogP contribution in [0.5, 0.6) is 11.5 Å². The highest BCUT2D eigenvalue weighted by molar-refractivity contribution is 9.10. The molecule has 0 saturated heterocycles. The third-order valence-electron chi connectivity index (χ3n) is 5.33. The van der Waals surface area contributed by atoms with Gasteiger partial charge in [-0.1, -0.05) is 80.4 Å². The molecule has 1 atom stereocenters. The number of carbonyl (C=O) groups is 2. The van der Waals surface area contributed by atoms with Crippen molar-refractivity contribution in [3.8, 4) is 11.5 Å². The molecule has 0 radical (unpaired) electrons. The van der Waals surface area contributed by atoms with E-state index in [9.17, 15) is 9.59 Å². The molecule has 0 saturated carbocycles. The van der Waals surface area contributed by atoms with Crippen LogP contribution in [0, 0.1) is 0 Å². The van der Waals surface area contributed by atoms with Crippen LogP contribution < -0.4 is 9.47 Å². The summed E-state index contributed by atoms with van der Waals surface area (Å²) in [5, 5.41) is 0. The van der Waals surface area contributed by atoms with E-state index in [1.807, 2.05) is 54.6 Å². The number of hydrogen-bond acceptors (Lipinski definition) is 5. The second-order valence-electron chi connectivity index (χ2n) is 7.89. The third-order valence-corrected chi connectivity index (χ3v) is 6.79. The Morgan fingerprint density at radius 2 is 1.60 bits per heavy atom. The van der Waals surface area contributed by atoms with E-state index >= 15 is 0 Å². The molecule has 0 aliphatic carbocycles. The maximum Gasteiger partial charge on any atom is 0.303 e. The molecule has 35 heavy (non-hydrogen) atoms. The van der Waals surface area contributed by atoms with Gasteiger partial charge in [-0.05, 0) is 29.3 Å². The molecule has 0 fully saturated rings. The van der Waals surface area contributed by atoms with Crippen molar-refractivity contribution in [1.82, 2.24) is 4.90 Å². The van der Waals surface area contributed by atoms with Crippen LogP contribution >= 0.6 is 31.9 Å². The monoisotopic (exact) mass is 603 g/mol. The van der Waals surface area contributed by atoms with Gasteiger partial charge in [0.05, 0.1) is 13.7 Å². The normalized spacial score (nSPS) is 11.5. The molecule has 0 aliphatic rings. The van der Waals surface area contributed by atoms with E-state index < -0.39 is 12.1 Å². The Kier molecular flexibility index (Phi) is 9.74. The van der Waals surface area contributed by atoms with Gasteiger partial charge in [0.15, 0.2) is 11.5 Å². The van der Waals surface area contributed by atoms with E-state index in [1.54, 1.807) is 24.1 Å². The van der Waals surface area contributed by atoms with Gasteiger partial charge in [0, 0.05) is 34.9 Å². The summed E-state index contributed by atoms with van der Waals surface area (Å²) in [6.45, 7) is 3.75. The predicted molar refractivity (Wildman–Crippen MR) is 141 cm³/mol. The van der Waals surface area contributed by atoms with Crippen molar-refractivity contribution in [2.24, 2.45) is 0 Å². The molecule has 3 aromatic carbocycles. The number of methoxy groups -OCH3 is 1. The molecule has 3 rings (SSSR count). The first-order valence-corrected chi connectivity index (χ1v) is 12.6. The number of ether oxygens (including phenoxy) is 3. The standard InChI is InChI=1S/C27H27Br2NO5/c1-18(31)30(15-21-11-7-8-12-23(21)28)16-27(35-19(2)32)22-13-25(33-3)26(14-24(22)29)34-17-20-9-5-4-6-10-20/h4-14,27H,15-17H2,1-3H3. The number of hydrogen-bond donors (Lipinski definition) is 0. The maximum absolute atomic E-state index is 12.5. The van der Waals surface area contributed by atoms with Gasteiger partial charge >= 0.3 is 5.97 Å². The Bertz CT molecular complexity index is 1170. The van der Waals surface area contributed by atoms with Crippen molar-refractivity contribution < 1.29 is 23.8 Å². The van der Waals surface area contributed by atoms with Gasteiger partial charge in [0.1, 0.15) is 12.7 Å². The Labute approximate surface area is 222 Å². The zero-order valence-electron chi connectivity index (χ0n) is 19.8. The van der Waals surface area contributed by atoms with Crippen LogP contribution in [0.4, 0.5) is 0 Å². The number of carbonyl (C=O) groups excluding carboxylic acids is 2. The smallest absolute Gasteiger partial charge is 0.303 e. The molecule has 0 aliphatic heterocycles. The lowest BCUT2D eigenvalue weighted by atomic mass is 10.1. The molecule has 6 nitrogen and oxygen atoms in total. The van der Waals surface area contributed by atoms with Gasteiger partial charge in [-0.2, -0.15) is 0 Å². The molecule has 0 spiro atoms. The topological polar surface area (TPSA) is 65.1 Å². The Morgan fingerprint density at radius 3 is 2.23 bits per heavy atom. The highest BCUT2D eigenvalue weighted by Gasteiger charge is 2.25. The number of nitrogens with zero attached hydrogens (tertiary/aromatic N) is 1. The molecule has 1 unspecified atom stereocenters. The van der Waals surface area contributed by atoms with E-state index in [2.05, 4.69) is 31.9 Å². The molecule has 184 valence electrons. The number of rotatable bonds is 10. The van der Waals surface area contributed by atoms with Crippen LogP contribution in [0.25, 0.3) is 0 Å². The molecule has 3 aromatic rings. The molecule has 8 heteroatoms. The Morgan fingerprint density at radius 1 is 0.914 bits per heavy atom. The summed E-state index contributed by atoms with van der Waals surface area (Å²) in [6, 6.07) is 21.1. The molecule has 0 heterocycles. The fraction of sp³-hybridized carbons (Fsp3) is 0.259. The summed E-state index contributed by atoms with van der Waals surface area (Å²) in [7, 11) is 1.55. The van der Waals surface area contributed by atoms with Crippen molar-refractivity contribution in [3.05, 3.63) is 92.4 Å². The minimum Gasteiger partial charge on any atom is -0.493 e. The first-order valence-electron chi connectivity index (χ1n) is 11.0. The predicted octanol–water partition coefficient (Wildman–Crippen LogP) is 6.45. The van der Waals surface area contributed by atoms with Gasteiger partial charge < -0.3 is 19.1 Å². The number of halogens is 2. The summed E-state index contributed by atoms with van der Waals surface area (Å²) in [6.07, 6.45) is -0.717. The zero-order chi connectivity index (χ0) is 25.4. The van der Waals surface area contributed by atoms with Gasteiger partial charge in [-0.15, -0.1) is 0 Å². The van der Waals surface area contributed by atoms with Crippen LogP contribution in [0.1, 0.15) is 36.6 Å². The van der Waals surface area contributed by atoms with E-state index in [4.69, 9.17) is 14.2 Å². The summed E-state index contributed by atoms with van der Waals surface area (Å²) in [4.78, 5) is 26.1. The Balaban J connectivity index is 1.88. The quantitative estimate of drug-likeness (QED) is 0.249. The average Bonchev–Trinajstić information content (AvgIpc) is 2.83. The molecular weight excluding hydrogens is 578 g/mol. The first kappa shape index (κ1) is 26.8. The fourth-order valence-corrected chi connectivity index (χ4v) is 4.53. The SMILES string of the molecule is COc1cc(C(CN(Cc2ccccc2Br)C(C)=O)OC(C)=O)c(Br)cc1OCc1ccccc1. The highest BCUT2D eigenvalue weighted by Crippen LogP contribution is 2.38. The fourth-order valence-electron chi connectivity index (χ4n) is 3.54. The molecule has 0 bridgehead atoms. The van der Waals surface area contributed by atoms with Crippen molar-refractivity contribution in [2.75, 3.05) is 13.7 Å². The van der Waals surface area contributed by atoms with Crippen LogP contribution in [-0.4, -0.2) is 30.4 Å². The van der Waals surface area contributed by atoms with E-state index in [1.165, 1.54) is 13.8 Å². The minimum atomic E-state index is -0.717. The van der Waals surface area contributed by atoms with Crippen LogP contribution in [0.3, 0.4) is 0 Å². The lowest BCUT2D eigenvalue weighted by molar-refractivity contribution is -0.150. The minimum absolute atomic E-state index is 0.135. The third kappa shape index (κ3) is 7.57. The second kappa shape index (κ2) is 12.7. The van der Waals surface area contributed by atoms with Crippen LogP contribution in [0.15, 0.2) is 75.7 Å². The highest BCUT2D eigenvalue weighted by atomic mass is 79.9. The summed E-state index contributed by atoms with van der Waals surface area (Å²) in [5.74, 6) is 0.458. The van der Waals surface area contributed by atoms with E-state index in [0.29, 0.717) is 34.7 Å². The summed E-state index contributed by atoms with van der Waals surface area (Å²) >= 11 is 7.13. The lowest BCUT2D eigenvalue weighted by Crippen LogP contribution is -2.34. The first-order chi connectivity index (χ1) is 16.8. The molecule has 0 N–H and O–H groups in total. The van der Waals surface area contributed by atoms with Crippen molar-refractivity contribution in [1.29, 1.82) is 0 Å². The van der Waals surface area contributed by atoms with Crippen molar-refractivity contribution in [2.45, 2.75) is 33.1 Å². The van der Waals surface area contributed by atoms with Gasteiger partial charge in [0.25, 0.3) is 0 Å². The van der Waals surface area contributed by atoms with Gasteiger partial charge in [-0.25, -0.2) is 0 Å². The maximum atomic E-state index is 12.5. The van der Waals surface area contributed by atoms with Gasteiger partial charge in [-0.3, -0.25) is 9.59 Å². The Hall–Kier alpha value is -2.84. The second-order valence-corrected chi connectivity index (χ2v) is 9.60. The van der Waals surface area contributed by atoms with Crippen molar-refractivity contribution in [3.63, 3.8) is 0 Å². The largest absolute Gasteiger partial charge is 0.493 e. The lowest BCUT2D eigenvalue weighted by Gasteiger charge is -2.28. The molecular formula is C27H27Br2NO5. The average molecular weight is 605 g/mol.